The van der Waals surface area contributed by atoms with Crippen LogP contribution in [0.2, 0.25) is 0 Å². The van der Waals surface area contributed by atoms with Gasteiger partial charge in [0.2, 0.25) is 5.89 Å². The van der Waals surface area contributed by atoms with E-state index in [1.54, 1.807) is 0 Å². The van der Waals surface area contributed by atoms with E-state index in [1.807, 2.05) is 36.4 Å². The minimum absolute atomic E-state index is 0.664. The molecule has 2 nitrogen and oxygen atoms in total. The molecule has 0 aliphatic carbocycles. The predicted molar refractivity (Wildman–Crippen MR) is 89.6 cm³/mol. The van der Waals surface area contributed by atoms with Crippen molar-refractivity contribution >= 4 is 11.1 Å². The molecule has 0 atom stereocenters. The van der Waals surface area contributed by atoms with E-state index in [0.29, 0.717) is 5.89 Å². The van der Waals surface area contributed by atoms with E-state index in [-0.39, 0.29) is 0 Å². The zero-order valence-corrected chi connectivity index (χ0v) is 12.3. The van der Waals surface area contributed by atoms with Crippen LogP contribution in [0.15, 0.2) is 77.2 Å². The molecule has 0 saturated carbocycles. The number of nitrogens with zero attached hydrogens (tertiary/aromatic N) is 1. The minimum Gasteiger partial charge on any atom is -0.436 e. The molecule has 106 valence electrons. The first-order valence-electron chi connectivity index (χ1n) is 7.33. The third-order valence-electron chi connectivity index (χ3n) is 3.79. The second-order valence-corrected chi connectivity index (χ2v) is 5.43. The van der Waals surface area contributed by atoms with E-state index in [9.17, 15) is 0 Å². The highest BCUT2D eigenvalue weighted by atomic mass is 16.3. The molecule has 4 aromatic rings. The van der Waals surface area contributed by atoms with Gasteiger partial charge in [-0.3, -0.25) is 0 Å². The molecule has 0 aliphatic heterocycles. The molecule has 22 heavy (non-hydrogen) atoms. The Morgan fingerprint density at radius 2 is 1.45 bits per heavy atom. The number of fused-ring (bicyclic) bond motifs is 1. The van der Waals surface area contributed by atoms with Crippen LogP contribution in [0.4, 0.5) is 0 Å². The molecule has 0 fully saturated rings. The number of rotatable bonds is 2. The van der Waals surface area contributed by atoms with Crippen LogP contribution in [0.25, 0.3) is 33.7 Å². The fourth-order valence-corrected chi connectivity index (χ4v) is 2.56. The number of aryl methyl sites for hydroxylation is 1. The topological polar surface area (TPSA) is 26.0 Å². The Morgan fingerprint density at radius 1 is 0.727 bits per heavy atom. The molecular formula is C20H15NO. The Labute approximate surface area is 129 Å². The molecule has 0 spiro atoms. The molecule has 0 unspecified atom stereocenters. The van der Waals surface area contributed by atoms with Crippen molar-refractivity contribution in [2.24, 2.45) is 0 Å². The van der Waals surface area contributed by atoms with Gasteiger partial charge >= 0.3 is 0 Å². The van der Waals surface area contributed by atoms with Crippen LogP contribution in [0.5, 0.6) is 0 Å². The summed E-state index contributed by atoms with van der Waals surface area (Å²) in [5, 5.41) is 0. The smallest absolute Gasteiger partial charge is 0.227 e. The summed E-state index contributed by atoms with van der Waals surface area (Å²) in [6, 6.07) is 24.6. The lowest BCUT2D eigenvalue weighted by Crippen LogP contribution is -1.79. The van der Waals surface area contributed by atoms with Crippen molar-refractivity contribution in [2.75, 3.05) is 0 Å². The van der Waals surface area contributed by atoms with Gasteiger partial charge in [0.05, 0.1) is 0 Å². The van der Waals surface area contributed by atoms with Gasteiger partial charge in [-0.25, -0.2) is 4.98 Å². The van der Waals surface area contributed by atoms with Gasteiger partial charge in [-0.05, 0) is 42.3 Å². The normalized spacial score (nSPS) is 11.0. The van der Waals surface area contributed by atoms with Gasteiger partial charge in [0.1, 0.15) is 5.52 Å². The summed E-state index contributed by atoms with van der Waals surface area (Å²) in [5.41, 5.74) is 6.30. The number of oxazole rings is 1. The van der Waals surface area contributed by atoms with E-state index < -0.39 is 0 Å². The molecule has 0 bridgehead atoms. The van der Waals surface area contributed by atoms with Crippen molar-refractivity contribution in [1.82, 2.24) is 4.98 Å². The largest absolute Gasteiger partial charge is 0.436 e. The highest BCUT2D eigenvalue weighted by Crippen LogP contribution is 2.28. The summed E-state index contributed by atoms with van der Waals surface area (Å²) in [6.07, 6.45) is 0. The maximum absolute atomic E-state index is 5.85. The Kier molecular flexibility index (Phi) is 3.01. The molecule has 0 N–H and O–H groups in total. The lowest BCUT2D eigenvalue weighted by atomic mass is 10.0. The van der Waals surface area contributed by atoms with Gasteiger partial charge in [-0.2, -0.15) is 0 Å². The zero-order valence-electron chi connectivity index (χ0n) is 12.3. The van der Waals surface area contributed by atoms with Crippen molar-refractivity contribution in [3.63, 3.8) is 0 Å². The number of hydrogen-bond donors (Lipinski definition) is 0. The third-order valence-corrected chi connectivity index (χ3v) is 3.79. The number of hydrogen-bond acceptors (Lipinski definition) is 2. The summed E-state index contributed by atoms with van der Waals surface area (Å²) in [5.74, 6) is 0.664. The highest BCUT2D eigenvalue weighted by Gasteiger charge is 2.09. The summed E-state index contributed by atoms with van der Waals surface area (Å²) in [7, 11) is 0. The second-order valence-electron chi connectivity index (χ2n) is 5.43. The maximum Gasteiger partial charge on any atom is 0.227 e. The van der Waals surface area contributed by atoms with Crippen LogP contribution >= 0.6 is 0 Å². The van der Waals surface area contributed by atoms with Gasteiger partial charge in [-0.1, -0.05) is 54.1 Å². The number of benzene rings is 3. The quantitative estimate of drug-likeness (QED) is 0.488. The van der Waals surface area contributed by atoms with Crippen molar-refractivity contribution in [3.05, 3.63) is 78.4 Å². The van der Waals surface area contributed by atoms with Crippen LogP contribution in [0.3, 0.4) is 0 Å². The fourth-order valence-electron chi connectivity index (χ4n) is 2.56. The summed E-state index contributed by atoms with van der Waals surface area (Å²) in [4.78, 5) is 4.62. The van der Waals surface area contributed by atoms with E-state index in [4.69, 9.17) is 4.42 Å². The molecular weight excluding hydrogens is 270 g/mol. The summed E-state index contributed by atoms with van der Waals surface area (Å²) in [6.45, 7) is 2.09. The lowest BCUT2D eigenvalue weighted by molar-refractivity contribution is 0.620. The van der Waals surface area contributed by atoms with Crippen molar-refractivity contribution < 1.29 is 4.42 Å². The molecule has 0 amide bonds. The van der Waals surface area contributed by atoms with Crippen LogP contribution in [0.1, 0.15) is 5.56 Å². The average Bonchev–Trinajstić information content (AvgIpc) is 2.99. The molecule has 0 aliphatic rings. The maximum atomic E-state index is 5.85. The Hall–Kier alpha value is -2.87. The van der Waals surface area contributed by atoms with Gasteiger partial charge in [-0.15, -0.1) is 0 Å². The molecule has 0 saturated heterocycles. The SMILES string of the molecule is Cc1ccc(-c2ccc3oc(-c4ccccc4)nc3c2)cc1. The standard InChI is InChI=1S/C20H15NO/c1-14-7-9-15(10-8-14)17-11-12-19-18(13-17)21-20(22-19)16-5-3-2-4-6-16/h2-13H,1H3. The first-order valence-corrected chi connectivity index (χ1v) is 7.33. The predicted octanol–water partition coefficient (Wildman–Crippen LogP) is 5.47. The molecule has 3 aromatic carbocycles. The zero-order chi connectivity index (χ0) is 14.9. The molecule has 2 heteroatoms. The molecule has 0 radical (unpaired) electrons. The van der Waals surface area contributed by atoms with Gasteiger partial charge in [0.15, 0.2) is 5.58 Å². The summed E-state index contributed by atoms with van der Waals surface area (Å²) >= 11 is 0. The van der Waals surface area contributed by atoms with Crippen molar-refractivity contribution in [2.45, 2.75) is 6.92 Å². The van der Waals surface area contributed by atoms with Crippen LogP contribution in [-0.2, 0) is 0 Å². The average molecular weight is 285 g/mol. The van der Waals surface area contributed by atoms with Gasteiger partial charge < -0.3 is 4.42 Å². The molecule has 4 rings (SSSR count). The van der Waals surface area contributed by atoms with Gasteiger partial charge in [0, 0.05) is 5.56 Å². The Morgan fingerprint density at radius 3 is 2.23 bits per heavy atom. The second kappa shape index (κ2) is 5.15. The Balaban J connectivity index is 1.80. The first-order chi connectivity index (χ1) is 10.8. The van der Waals surface area contributed by atoms with Gasteiger partial charge in [0.25, 0.3) is 0 Å². The summed E-state index contributed by atoms with van der Waals surface area (Å²) < 4.78 is 5.85. The monoisotopic (exact) mass is 285 g/mol. The highest BCUT2D eigenvalue weighted by molar-refractivity contribution is 5.82. The van der Waals surface area contributed by atoms with Crippen LogP contribution in [0, 0.1) is 6.92 Å². The Bertz CT molecular complexity index is 921. The first kappa shape index (κ1) is 12.8. The molecule has 1 heterocycles. The molecule has 1 aromatic heterocycles. The van der Waals surface area contributed by atoms with E-state index in [0.717, 1.165) is 22.2 Å². The van der Waals surface area contributed by atoms with Crippen molar-refractivity contribution in [3.8, 4) is 22.6 Å². The lowest BCUT2D eigenvalue weighted by Gasteiger charge is -2.01. The van der Waals surface area contributed by atoms with E-state index in [1.165, 1.54) is 11.1 Å². The minimum atomic E-state index is 0.664. The fraction of sp³-hybridized carbons (Fsp3) is 0.0500. The van der Waals surface area contributed by atoms with Crippen LogP contribution in [-0.4, -0.2) is 4.98 Å². The third kappa shape index (κ3) is 2.29. The number of aromatic nitrogens is 1. The van der Waals surface area contributed by atoms with Crippen LogP contribution < -0.4 is 0 Å². The van der Waals surface area contributed by atoms with Crippen molar-refractivity contribution in [1.29, 1.82) is 0 Å². The van der Waals surface area contributed by atoms with E-state index >= 15 is 0 Å². The van der Waals surface area contributed by atoms with E-state index in [2.05, 4.69) is 48.3 Å².